The van der Waals surface area contributed by atoms with E-state index in [0.29, 0.717) is 54.3 Å². The third kappa shape index (κ3) is 3.16. The topological polar surface area (TPSA) is 110 Å². The van der Waals surface area contributed by atoms with Gasteiger partial charge >= 0.3 is 0 Å². The Kier molecular flexibility index (Phi) is 4.14. The van der Waals surface area contributed by atoms with Crippen molar-refractivity contribution in [2.45, 2.75) is 32.3 Å². The van der Waals surface area contributed by atoms with Crippen molar-refractivity contribution in [3.05, 3.63) is 41.5 Å². The van der Waals surface area contributed by atoms with E-state index >= 15 is 0 Å². The molecule has 140 valence electrons. The van der Waals surface area contributed by atoms with Crippen molar-refractivity contribution in [1.82, 2.24) is 15.0 Å². The number of carbonyl (C=O) groups excluding carboxylic acids is 2. The van der Waals surface area contributed by atoms with Crippen LogP contribution < -0.4 is 5.32 Å². The summed E-state index contributed by atoms with van der Waals surface area (Å²) in [5.41, 5.74) is 1.30. The van der Waals surface area contributed by atoms with Crippen molar-refractivity contribution in [1.29, 1.82) is 0 Å². The Bertz CT molecular complexity index is 904. The lowest BCUT2D eigenvalue weighted by Crippen LogP contribution is -2.37. The molecule has 4 rings (SSSR count). The number of nitrogens with one attached hydrogen (secondary N) is 1. The molecule has 9 heteroatoms. The van der Waals surface area contributed by atoms with Gasteiger partial charge in [-0.05, 0) is 26.0 Å². The highest BCUT2D eigenvalue weighted by Crippen LogP contribution is 2.35. The van der Waals surface area contributed by atoms with Crippen LogP contribution in [0.2, 0.25) is 0 Å². The Balaban J connectivity index is 1.41. The number of carbonyl (C=O) groups is 2. The molecule has 9 nitrogen and oxygen atoms in total. The summed E-state index contributed by atoms with van der Waals surface area (Å²) in [6, 6.07) is 3.48. The van der Waals surface area contributed by atoms with E-state index < -0.39 is 5.60 Å². The number of anilines is 1. The summed E-state index contributed by atoms with van der Waals surface area (Å²) in [4.78, 5) is 36.5. The van der Waals surface area contributed by atoms with Gasteiger partial charge in [0.2, 0.25) is 0 Å². The molecule has 2 aromatic rings. The van der Waals surface area contributed by atoms with E-state index in [4.69, 9.17) is 9.36 Å². The van der Waals surface area contributed by atoms with Crippen LogP contribution in [-0.2, 0) is 9.63 Å². The normalized spacial score (nSPS) is 21.3. The van der Waals surface area contributed by atoms with Gasteiger partial charge in [0.1, 0.15) is 17.0 Å². The summed E-state index contributed by atoms with van der Waals surface area (Å²) in [5, 5.41) is 10.6. The van der Waals surface area contributed by atoms with E-state index in [-0.39, 0.29) is 11.8 Å². The lowest BCUT2D eigenvalue weighted by molar-refractivity contribution is -0.110. The number of nitrogens with zero attached hydrogens (tertiary/aromatic N) is 4. The van der Waals surface area contributed by atoms with Crippen LogP contribution in [0.15, 0.2) is 34.2 Å². The first-order valence-corrected chi connectivity index (χ1v) is 8.66. The molecule has 1 spiro atoms. The fourth-order valence-corrected chi connectivity index (χ4v) is 3.47. The molecule has 1 atom stereocenters. The van der Waals surface area contributed by atoms with Gasteiger partial charge in [-0.2, -0.15) is 0 Å². The molecule has 2 aliphatic heterocycles. The molecule has 0 aliphatic carbocycles. The van der Waals surface area contributed by atoms with Gasteiger partial charge in [0.15, 0.2) is 5.60 Å². The minimum Gasteiger partial charge on any atom is -0.386 e. The minimum atomic E-state index is -0.657. The van der Waals surface area contributed by atoms with Crippen LogP contribution >= 0.6 is 0 Å². The quantitative estimate of drug-likeness (QED) is 0.881. The van der Waals surface area contributed by atoms with E-state index in [9.17, 15) is 9.59 Å². The summed E-state index contributed by atoms with van der Waals surface area (Å²) in [6.07, 6.45) is 4.15. The van der Waals surface area contributed by atoms with E-state index in [1.807, 2.05) is 0 Å². The lowest BCUT2D eigenvalue weighted by Gasteiger charge is -2.21. The predicted octanol–water partition coefficient (Wildman–Crippen LogP) is 1.69. The Labute approximate surface area is 155 Å². The highest BCUT2D eigenvalue weighted by molar-refractivity contribution is 6.43. The molecule has 27 heavy (non-hydrogen) atoms. The van der Waals surface area contributed by atoms with E-state index in [1.165, 1.54) is 0 Å². The Hall–Kier alpha value is -3.23. The number of hydrogen-bond acceptors (Lipinski definition) is 7. The molecule has 0 radical (unpaired) electrons. The fourth-order valence-electron chi connectivity index (χ4n) is 3.47. The van der Waals surface area contributed by atoms with Crippen LogP contribution in [0.3, 0.4) is 0 Å². The number of aromatic nitrogens is 2. The zero-order chi connectivity index (χ0) is 19.0. The van der Waals surface area contributed by atoms with E-state index in [1.54, 1.807) is 43.3 Å². The van der Waals surface area contributed by atoms with Crippen molar-refractivity contribution in [3.8, 4) is 0 Å². The SMILES string of the molecule is Cc1noc(C)c1C(=O)N1CC[C@@]2(CC(C(=O)Nc3cccnc3)=NO2)C1. The standard InChI is InChI=1S/C18H19N5O4/c1-11-15(12(2)26-21-11)17(25)23-7-5-18(10-23)8-14(22-27-18)16(24)20-13-4-3-6-19-9-13/h3-4,6,9H,5,7-8,10H2,1-2H3,(H,20,24)/t18-/m1/s1. The Morgan fingerprint density at radius 1 is 1.33 bits per heavy atom. The van der Waals surface area contributed by atoms with Crippen LogP contribution in [0.5, 0.6) is 0 Å². The highest BCUT2D eigenvalue weighted by atomic mass is 16.7. The van der Waals surface area contributed by atoms with Crippen LogP contribution in [-0.4, -0.2) is 51.3 Å². The van der Waals surface area contributed by atoms with Gasteiger partial charge in [0, 0.05) is 25.6 Å². The van der Waals surface area contributed by atoms with Crippen molar-refractivity contribution >= 4 is 23.2 Å². The number of hydrogen-bond donors (Lipinski definition) is 1. The minimum absolute atomic E-state index is 0.139. The summed E-state index contributed by atoms with van der Waals surface area (Å²) in [5.74, 6) is 0.0361. The number of likely N-dealkylation sites (tertiary alicyclic amines) is 1. The summed E-state index contributed by atoms with van der Waals surface area (Å²) < 4.78 is 5.09. The first-order valence-electron chi connectivity index (χ1n) is 8.66. The second kappa shape index (κ2) is 6.49. The molecule has 1 N–H and O–H groups in total. The lowest BCUT2D eigenvalue weighted by atomic mass is 9.96. The van der Waals surface area contributed by atoms with E-state index in [0.717, 1.165) is 0 Å². The second-order valence-corrected chi connectivity index (χ2v) is 6.86. The van der Waals surface area contributed by atoms with Crippen LogP contribution in [0.4, 0.5) is 5.69 Å². The molecular formula is C18H19N5O4. The smallest absolute Gasteiger partial charge is 0.273 e. The molecule has 0 aromatic carbocycles. The molecule has 2 aliphatic rings. The van der Waals surface area contributed by atoms with Crippen LogP contribution in [0.1, 0.15) is 34.7 Å². The zero-order valence-corrected chi connectivity index (χ0v) is 15.1. The highest BCUT2D eigenvalue weighted by Gasteiger charge is 2.48. The summed E-state index contributed by atoms with van der Waals surface area (Å²) >= 11 is 0. The predicted molar refractivity (Wildman–Crippen MR) is 95.2 cm³/mol. The largest absolute Gasteiger partial charge is 0.386 e. The van der Waals surface area contributed by atoms with Gasteiger partial charge in [-0.25, -0.2) is 0 Å². The van der Waals surface area contributed by atoms with Crippen molar-refractivity contribution in [2.75, 3.05) is 18.4 Å². The average molecular weight is 369 g/mol. The summed E-state index contributed by atoms with van der Waals surface area (Å²) in [7, 11) is 0. The Morgan fingerprint density at radius 3 is 2.89 bits per heavy atom. The molecule has 0 unspecified atom stereocenters. The number of oxime groups is 1. The zero-order valence-electron chi connectivity index (χ0n) is 15.1. The number of amides is 2. The van der Waals surface area contributed by atoms with Crippen molar-refractivity contribution in [2.24, 2.45) is 5.16 Å². The first kappa shape index (κ1) is 17.2. The third-order valence-electron chi connectivity index (χ3n) is 4.87. The van der Waals surface area contributed by atoms with Gasteiger partial charge in [-0.3, -0.25) is 14.6 Å². The maximum atomic E-state index is 12.8. The molecule has 2 amide bonds. The monoisotopic (exact) mass is 369 g/mol. The number of aryl methyl sites for hydroxylation is 2. The van der Waals surface area contributed by atoms with Gasteiger partial charge in [-0.15, -0.1) is 0 Å². The molecule has 1 fully saturated rings. The molecule has 4 heterocycles. The molecule has 0 saturated carbocycles. The third-order valence-corrected chi connectivity index (χ3v) is 4.87. The van der Waals surface area contributed by atoms with Gasteiger partial charge in [0.05, 0.1) is 24.1 Å². The fraction of sp³-hybridized carbons (Fsp3) is 0.389. The van der Waals surface area contributed by atoms with Crippen LogP contribution in [0, 0.1) is 13.8 Å². The van der Waals surface area contributed by atoms with E-state index in [2.05, 4.69) is 20.6 Å². The average Bonchev–Trinajstić information content (AvgIpc) is 3.36. The molecule has 0 bridgehead atoms. The summed E-state index contributed by atoms with van der Waals surface area (Å²) in [6.45, 7) is 4.35. The van der Waals surface area contributed by atoms with Gasteiger partial charge < -0.3 is 19.6 Å². The van der Waals surface area contributed by atoms with Gasteiger partial charge in [-0.1, -0.05) is 10.3 Å². The van der Waals surface area contributed by atoms with Crippen LogP contribution in [0.25, 0.3) is 0 Å². The number of rotatable bonds is 3. The number of pyridine rings is 1. The molecular weight excluding hydrogens is 350 g/mol. The molecule has 1 saturated heterocycles. The Morgan fingerprint density at radius 2 is 2.19 bits per heavy atom. The molecule has 2 aromatic heterocycles. The first-order chi connectivity index (χ1) is 13.0. The van der Waals surface area contributed by atoms with Gasteiger partial charge in [0.25, 0.3) is 11.8 Å². The van der Waals surface area contributed by atoms with Crippen molar-refractivity contribution < 1.29 is 18.9 Å². The second-order valence-electron chi connectivity index (χ2n) is 6.86. The van der Waals surface area contributed by atoms with Crippen molar-refractivity contribution in [3.63, 3.8) is 0 Å². The maximum absolute atomic E-state index is 12.8. The maximum Gasteiger partial charge on any atom is 0.273 e.